The van der Waals surface area contributed by atoms with Gasteiger partial charge in [0.2, 0.25) is 0 Å². The Bertz CT molecular complexity index is 365. The van der Waals surface area contributed by atoms with Gasteiger partial charge in [0.05, 0.1) is 12.5 Å². The zero-order valence-electron chi connectivity index (χ0n) is 8.74. The van der Waals surface area contributed by atoms with Crippen molar-refractivity contribution in [2.24, 2.45) is 0 Å². The van der Waals surface area contributed by atoms with Crippen LogP contribution in [0.3, 0.4) is 0 Å². The second-order valence-corrected chi connectivity index (χ2v) is 2.87. The molecule has 4 nitrogen and oxygen atoms in total. The normalized spacial score (nSPS) is 8.87. The minimum absolute atomic E-state index is 0. The van der Waals surface area contributed by atoms with Crippen LogP contribution >= 0.6 is 0 Å². The molecule has 0 fully saturated rings. The Morgan fingerprint density at radius 2 is 1.93 bits per heavy atom. The third kappa shape index (κ3) is 4.20. The van der Waals surface area contributed by atoms with E-state index in [1.165, 1.54) is 0 Å². The van der Waals surface area contributed by atoms with Crippen LogP contribution in [0.5, 0.6) is 0 Å². The Hall–Kier alpha value is -1.24. The van der Waals surface area contributed by atoms with Gasteiger partial charge in [0.25, 0.3) is 5.91 Å². The number of benzene rings is 1. The van der Waals surface area contributed by atoms with Crippen LogP contribution in [0.1, 0.15) is 15.9 Å². The van der Waals surface area contributed by atoms with Crippen molar-refractivity contribution in [3.8, 4) is 0 Å². The van der Waals surface area contributed by atoms with E-state index in [4.69, 9.17) is 0 Å². The minimum atomic E-state index is -1.30. The summed E-state index contributed by atoms with van der Waals surface area (Å²) in [6.07, 6.45) is 0. The summed E-state index contributed by atoms with van der Waals surface area (Å²) in [4.78, 5) is 21.5. The predicted octanol–water partition coefficient (Wildman–Crippen LogP) is -3.52. The van der Waals surface area contributed by atoms with E-state index in [2.05, 4.69) is 5.32 Å². The van der Waals surface area contributed by atoms with E-state index in [-0.39, 0.29) is 18.9 Å². The number of aliphatic carboxylic acids is 1. The number of amides is 1. The summed E-state index contributed by atoms with van der Waals surface area (Å²) in [7, 11) is 0. The van der Waals surface area contributed by atoms with Crippen LogP contribution in [0.2, 0.25) is 0 Å². The first kappa shape index (κ1) is 13.8. The van der Waals surface area contributed by atoms with E-state index in [0.717, 1.165) is 5.56 Å². The molecule has 0 saturated heterocycles. The molecule has 0 atom stereocenters. The molecule has 0 aliphatic heterocycles. The number of carboxylic acid groups (broad SMARTS) is 1. The maximum absolute atomic E-state index is 11.4. The van der Waals surface area contributed by atoms with Gasteiger partial charge in [-0.05, 0) is 18.6 Å². The largest absolute Gasteiger partial charge is 1.00 e. The van der Waals surface area contributed by atoms with Gasteiger partial charge in [-0.1, -0.05) is 18.2 Å². The van der Waals surface area contributed by atoms with Crippen molar-refractivity contribution in [1.82, 2.24) is 5.32 Å². The summed E-state index contributed by atoms with van der Waals surface area (Å²) in [6, 6.07) is 6.96. The predicted molar refractivity (Wildman–Crippen MR) is 48.5 cm³/mol. The standard InChI is InChI=1S/C10H11NO3.Li/c1-7-4-2-3-5-8(7)10(14)11-6-9(12)13;/h2-5H,6H2,1H3,(H,11,14)(H,12,13);/q;+1/p-1. The maximum Gasteiger partial charge on any atom is 1.00 e. The number of hydrogen-bond donors (Lipinski definition) is 1. The van der Waals surface area contributed by atoms with Crippen LogP contribution in [0.25, 0.3) is 0 Å². The van der Waals surface area contributed by atoms with Crippen molar-refractivity contribution in [1.29, 1.82) is 0 Å². The molecule has 5 heteroatoms. The molecule has 0 aromatic heterocycles. The van der Waals surface area contributed by atoms with E-state index >= 15 is 0 Å². The van der Waals surface area contributed by atoms with E-state index in [9.17, 15) is 14.7 Å². The molecule has 0 unspecified atom stereocenters. The number of rotatable bonds is 3. The zero-order chi connectivity index (χ0) is 10.6. The molecular formula is C10H10LiNO3. The summed E-state index contributed by atoms with van der Waals surface area (Å²) >= 11 is 0. The third-order valence-corrected chi connectivity index (χ3v) is 1.78. The Balaban J connectivity index is 0.00000196. The van der Waals surface area contributed by atoms with Crippen LogP contribution in [-0.4, -0.2) is 18.4 Å². The van der Waals surface area contributed by atoms with Crippen LogP contribution in [-0.2, 0) is 4.79 Å². The van der Waals surface area contributed by atoms with Gasteiger partial charge in [0, 0.05) is 5.56 Å². The van der Waals surface area contributed by atoms with Crippen LogP contribution in [0.4, 0.5) is 0 Å². The average molecular weight is 199 g/mol. The summed E-state index contributed by atoms with van der Waals surface area (Å²) in [5, 5.41) is 12.3. The molecule has 15 heavy (non-hydrogen) atoms. The van der Waals surface area contributed by atoms with Gasteiger partial charge in [0.15, 0.2) is 0 Å². The van der Waals surface area contributed by atoms with Crippen molar-refractivity contribution in [3.05, 3.63) is 35.4 Å². The first-order chi connectivity index (χ1) is 6.61. The molecular weight excluding hydrogens is 189 g/mol. The molecule has 1 aromatic rings. The molecule has 0 aliphatic rings. The Morgan fingerprint density at radius 3 is 2.47 bits per heavy atom. The van der Waals surface area contributed by atoms with Crippen molar-refractivity contribution in [2.45, 2.75) is 6.92 Å². The van der Waals surface area contributed by atoms with Gasteiger partial charge in [-0.2, -0.15) is 0 Å². The molecule has 0 radical (unpaired) electrons. The summed E-state index contributed by atoms with van der Waals surface area (Å²) < 4.78 is 0. The monoisotopic (exact) mass is 199 g/mol. The fraction of sp³-hybridized carbons (Fsp3) is 0.200. The number of carboxylic acids is 1. The second-order valence-electron chi connectivity index (χ2n) is 2.87. The Labute approximate surface area is 99.9 Å². The molecule has 1 amide bonds. The second kappa shape index (κ2) is 6.28. The van der Waals surface area contributed by atoms with Gasteiger partial charge < -0.3 is 15.2 Å². The number of nitrogens with one attached hydrogen (secondary N) is 1. The van der Waals surface area contributed by atoms with Crippen molar-refractivity contribution >= 4 is 11.9 Å². The number of carbonyl (C=O) groups is 2. The smallest absolute Gasteiger partial charge is 0.548 e. The minimum Gasteiger partial charge on any atom is -0.548 e. The first-order valence-corrected chi connectivity index (χ1v) is 4.15. The zero-order valence-corrected chi connectivity index (χ0v) is 8.74. The van der Waals surface area contributed by atoms with E-state index in [1.807, 2.05) is 6.07 Å². The van der Waals surface area contributed by atoms with Gasteiger partial charge in [-0.15, -0.1) is 0 Å². The molecule has 1 aromatic carbocycles. The van der Waals surface area contributed by atoms with E-state index in [1.54, 1.807) is 25.1 Å². The van der Waals surface area contributed by atoms with Crippen molar-refractivity contribution < 1.29 is 33.6 Å². The number of hydrogen-bond acceptors (Lipinski definition) is 3. The summed E-state index contributed by atoms with van der Waals surface area (Å²) in [6.45, 7) is 1.32. The molecule has 0 bridgehead atoms. The van der Waals surface area contributed by atoms with Gasteiger partial charge in [0.1, 0.15) is 0 Å². The summed E-state index contributed by atoms with van der Waals surface area (Å²) in [5.74, 6) is -1.70. The van der Waals surface area contributed by atoms with Crippen molar-refractivity contribution in [2.75, 3.05) is 6.54 Å². The molecule has 1 rings (SSSR count). The molecule has 0 aliphatic carbocycles. The molecule has 74 valence electrons. The Morgan fingerprint density at radius 1 is 1.33 bits per heavy atom. The number of aryl methyl sites for hydroxylation is 1. The van der Waals surface area contributed by atoms with Crippen LogP contribution < -0.4 is 29.3 Å². The first-order valence-electron chi connectivity index (χ1n) is 4.15. The molecule has 1 N–H and O–H groups in total. The topological polar surface area (TPSA) is 69.2 Å². The van der Waals surface area contributed by atoms with Gasteiger partial charge >= 0.3 is 18.9 Å². The summed E-state index contributed by atoms with van der Waals surface area (Å²) in [5.41, 5.74) is 1.29. The van der Waals surface area contributed by atoms with Crippen molar-refractivity contribution in [3.63, 3.8) is 0 Å². The Kier molecular flexibility index (Phi) is 5.76. The molecule has 0 spiro atoms. The third-order valence-electron chi connectivity index (χ3n) is 1.78. The van der Waals surface area contributed by atoms with Gasteiger partial charge in [-0.25, -0.2) is 0 Å². The fourth-order valence-electron chi connectivity index (χ4n) is 1.08. The van der Waals surface area contributed by atoms with Crippen LogP contribution in [0.15, 0.2) is 24.3 Å². The molecule has 0 heterocycles. The average Bonchev–Trinajstić information content (AvgIpc) is 2.15. The van der Waals surface area contributed by atoms with Gasteiger partial charge in [-0.3, -0.25) is 4.79 Å². The van der Waals surface area contributed by atoms with E-state index in [0.29, 0.717) is 5.56 Å². The van der Waals surface area contributed by atoms with Crippen LogP contribution in [0, 0.1) is 6.92 Å². The van der Waals surface area contributed by atoms with E-state index < -0.39 is 18.4 Å². The number of carbonyl (C=O) groups excluding carboxylic acids is 2. The fourth-order valence-corrected chi connectivity index (χ4v) is 1.08. The SMILES string of the molecule is Cc1ccccc1C(=O)NCC(=O)[O-].[Li+]. The molecule has 0 saturated carbocycles. The quantitative estimate of drug-likeness (QED) is 0.513. The maximum atomic E-state index is 11.4.